The van der Waals surface area contributed by atoms with Crippen LogP contribution >= 0.6 is 0 Å². The van der Waals surface area contributed by atoms with Crippen molar-refractivity contribution in [3.8, 4) is 12.1 Å². The Bertz CT molecular complexity index is 4180. The molecule has 22 nitrogen and oxygen atoms in total. The van der Waals surface area contributed by atoms with E-state index in [-0.39, 0.29) is 69.0 Å². The maximum atomic E-state index is 12.7. The summed E-state index contributed by atoms with van der Waals surface area (Å²) < 4.78 is 17.8. The van der Waals surface area contributed by atoms with E-state index in [0.29, 0.717) is 48.5 Å². The molecule has 10 atom stereocenters. The molecule has 0 spiro atoms. The van der Waals surface area contributed by atoms with E-state index in [1.807, 2.05) is 69.2 Å². The maximum Gasteiger partial charge on any atom is 0.282 e. The third-order valence-corrected chi connectivity index (χ3v) is 22.7. The molecule has 4 aromatic rings. The Morgan fingerprint density at radius 1 is 0.511 bits per heavy atom. The van der Waals surface area contributed by atoms with Crippen molar-refractivity contribution >= 4 is 34.9 Å². The highest BCUT2D eigenvalue weighted by Crippen LogP contribution is 2.60. The van der Waals surface area contributed by atoms with Crippen molar-refractivity contribution in [3.05, 3.63) is 137 Å². The summed E-state index contributed by atoms with van der Waals surface area (Å²) in [4.78, 5) is 88.0. The third kappa shape index (κ3) is 10.0. The summed E-state index contributed by atoms with van der Waals surface area (Å²) in [5.74, 6) is -0.658. The fourth-order valence-corrected chi connectivity index (χ4v) is 18.5. The molecule has 4 heterocycles. The topological polar surface area (TPSA) is 291 Å². The van der Waals surface area contributed by atoms with E-state index in [1.165, 1.54) is 19.5 Å². The molecular formula is C70H88N16O6. The summed E-state index contributed by atoms with van der Waals surface area (Å²) in [7, 11) is 9.49. The quantitative estimate of drug-likeness (QED) is 0.177. The molecule has 2 amide bonds. The predicted octanol–water partition coefficient (Wildman–Crippen LogP) is 9.57. The molecule has 2 unspecified atom stereocenters. The second-order valence-corrected chi connectivity index (χ2v) is 29.2. The van der Waals surface area contributed by atoms with Crippen molar-refractivity contribution in [1.82, 2.24) is 39.1 Å². The summed E-state index contributed by atoms with van der Waals surface area (Å²) in [6.07, 6.45) is 10.7. The highest BCUT2D eigenvalue weighted by atomic mass is 16.2. The number of nitriles is 2. The Kier molecular flexibility index (Phi) is 17.2. The smallest absolute Gasteiger partial charge is 0.282 e. The van der Waals surface area contributed by atoms with Gasteiger partial charge < -0.3 is 30.7 Å². The summed E-state index contributed by atoms with van der Waals surface area (Å²) in [5.41, 5.74) is 16.5. The molecule has 4 N–H and O–H groups in total. The fraction of sp³-hybridized carbons (Fsp3) is 0.600. The predicted molar refractivity (Wildman–Crippen MR) is 344 cm³/mol. The molecule has 4 aromatic heterocycles. The van der Waals surface area contributed by atoms with E-state index >= 15 is 0 Å². The molecule has 12 rings (SSSR count). The highest BCUT2D eigenvalue weighted by molar-refractivity contribution is 6.04. The number of ketones is 4. The second kappa shape index (κ2) is 23.5. The van der Waals surface area contributed by atoms with Gasteiger partial charge in [0.2, 0.25) is 23.0 Å². The minimum absolute atomic E-state index is 0.0319. The summed E-state index contributed by atoms with van der Waals surface area (Å²) >= 11 is 0. The van der Waals surface area contributed by atoms with Crippen LogP contribution in [0, 0.1) is 94.3 Å². The zero-order chi connectivity index (χ0) is 70.9. The van der Waals surface area contributed by atoms with E-state index in [1.54, 1.807) is 54.4 Å². The number of rotatable bonds is 2. The molecule has 0 radical (unpaired) electrons. The van der Waals surface area contributed by atoms with Gasteiger partial charge in [0.05, 0.1) is 35.9 Å². The van der Waals surface area contributed by atoms with Gasteiger partial charge in [0.25, 0.3) is 23.9 Å². The summed E-state index contributed by atoms with van der Waals surface area (Å²) in [5, 5.41) is 37.1. The summed E-state index contributed by atoms with van der Waals surface area (Å²) in [6, 6.07) is 3.22. The zero-order valence-corrected chi connectivity index (χ0v) is 56.6. The second-order valence-electron chi connectivity index (χ2n) is 29.2. The van der Waals surface area contributed by atoms with Crippen LogP contribution in [0.4, 0.5) is 0 Å². The van der Waals surface area contributed by atoms with Crippen molar-refractivity contribution in [1.29, 1.82) is 10.5 Å². The molecule has 0 bridgehead atoms. The first-order valence-corrected chi connectivity index (χ1v) is 30.6. The number of fused-ring (bicyclic) bond motifs is 12. The van der Waals surface area contributed by atoms with Crippen LogP contribution in [0.25, 0.3) is 19.4 Å². The van der Waals surface area contributed by atoms with Crippen molar-refractivity contribution in [2.75, 3.05) is 0 Å². The first-order chi connectivity index (χ1) is 43.8. The van der Waals surface area contributed by atoms with E-state index in [2.05, 4.69) is 65.8 Å². The SMILES string of the molecule is [3H]C.[3H]C.[C-]#[N+]C1=C[C@]2(C)c3nn(C)c(C#N)c3CC[C@H]2C(C)(C)C1=O.[C-]#[N+]C1=C[C@]2(C)c3nn(C)c(C(N)=O)c3CC[C@H]2C(C)(C)C1=O.[C-]#[N+]C1C[C@]2(C)c3nn(C)c(C#N)c3CC[C@H]2C(C)(C)C1=O.[C-]#[N+]C1C[C@]2(C)c3nn(C)c(C(N)=O)c3CC[C@H]2C(C)(C)C1=O. The number of primary amides is 2. The highest BCUT2D eigenvalue weighted by Gasteiger charge is 2.63. The number of nitrogens with zero attached hydrogens (tertiary/aromatic N) is 14. The first-order valence-electron chi connectivity index (χ1n) is 32.6. The van der Waals surface area contributed by atoms with E-state index in [4.69, 9.17) is 40.5 Å². The van der Waals surface area contributed by atoms with E-state index in [9.17, 15) is 39.3 Å². The molecule has 92 heavy (non-hydrogen) atoms. The van der Waals surface area contributed by atoms with Gasteiger partial charge in [0, 0.05) is 109 Å². The Hall–Kier alpha value is -9.12. The van der Waals surface area contributed by atoms with Gasteiger partial charge in [-0.15, -0.1) is 0 Å². The lowest BCUT2D eigenvalue weighted by atomic mass is 9.50. The Labute approximate surface area is 543 Å². The first kappa shape index (κ1) is 67.3. The largest absolute Gasteiger partial charge is 0.364 e. The molecule has 2 saturated carbocycles. The van der Waals surface area contributed by atoms with Gasteiger partial charge >= 0.3 is 0 Å². The van der Waals surface area contributed by atoms with E-state index in [0.717, 1.165) is 83.6 Å². The lowest BCUT2D eigenvalue weighted by Gasteiger charge is -2.51. The molecule has 0 aromatic carbocycles. The number of aryl methyl sites for hydroxylation is 4. The third-order valence-electron chi connectivity index (χ3n) is 22.7. The molecule has 484 valence electrons. The molecule has 8 aliphatic rings. The average molecular weight is 1250 g/mol. The number of aromatic nitrogens is 8. The normalized spacial score (nSPS) is 29.9. The molecule has 22 heteroatoms. The van der Waals surface area contributed by atoms with Crippen LogP contribution in [0.15, 0.2) is 23.5 Å². The number of allylic oxidation sites excluding steroid dienone is 4. The lowest BCUT2D eigenvalue weighted by molar-refractivity contribution is -0.138. The van der Waals surface area contributed by atoms with Gasteiger partial charge in [-0.25, -0.2) is 22.8 Å². The van der Waals surface area contributed by atoms with Gasteiger partial charge in [-0.05, 0) is 75.0 Å². The van der Waals surface area contributed by atoms with Crippen LogP contribution in [-0.4, -0.2) is 86.2 Å². The van der Waals surface area contributed by atoms with Crippen LogP contribution in [0.1, 0.15) is 217 Å². The molecule has 2 fully saturated rings. The minimum atomic E-state index is -0.642. The van der Waals surface area contributed by atoms with Gasteiger partial charge in [-0.3, -0.25) is 37.9 Å². The number of hydrogen-bond donors (Lipinski definition) is 2. The molecular weight excluding hydrogens is 1160 g/mol. The average Bonchev–Trinajstić information content (AvgIpc) is 1.34. The van der Waals surface area contributed by atoms with Crippen molar-refractivity contribution in [2.45, 2.75) is 196 Å². The number of carbonyl (C=O) groups is 6. The number of Topliss-reactive ketones (excluding diaryl/α,β-unsaturated/α-hetero) is 4. The number of carbonyl (C=O) groups excluding carboxylic acids is 6. The molecule has 0 saturated heterocycles. The number of amides is 2. The van der Waals surface area contributed by atoms with Gasteiger partial charge in [0.15, 0.2) is 11.6 Å². The molecule has 0 aliphatic heterocycles. The van der Waals surface area contributed by atoms with Crippen LogP contribution < -0.4 is 11.5 Å². The van der Waals surface area contributed by atoms with Crippen LogP contribution in [0.3, 0.4) is 0 Å². The fourth-order valence-electron chi connectivity index (χ4n) is 18.5. The van der Waals surface area contributed by atoms with Gasteiger partial charge in [0.1, 0.15) is 34.9 Å². The van der Waals surface area contributed by atoms with Crippen molar-refractivity contribution in [3.63, 3.8) is 0 Å². The zero-order valence-electron chi connectivity index (χ0n) is 58.6. The monoisotopic (exact) mass is 1250 g/mol. The standard InChI is InChI=1S/C17H22N4O2.C17H20N4O2.C17H20N4O.C17H18N4O.2CH4/c2*1-16(2)11-7-6-9-12(15(18)23)21(5)20-13(9)17(11,3)8-10(19-4)14(16)22;2*1-16(2)13-7-6-10-12(9-18)21(5)20-14(10)17(13,3)8-11(19-4)15(16)22;;/h10-11H,6-8H2,1-3,5H3,(H2,18,23);8,11H,6-7H2,1-3,5H3,(H2,18,23);11,13H,6-8H2,1-3,5H3;8,13H,6-7H2,1-3,5H3;2*1H4/t10?,11-,17-;11-,17-;11?,13-,17-;13-,17-;;/m0000../s1/i;;;;2*1T. The number of nitrogens with two attached hydrogens (primary N) is 2. The van der Waals surface area contributed by atoms with E-state index < -0.39 is 56.4 Å². The van der Waals surface area contributed by atoms with Crippen molar-refractivity contribution < 1.29 is 31.5 Å². The molecule has 8 aliphatic carbocycles. The maximum absolute atomic E-state index is 12.7. The van der Waals surface area contributed by atoms with Gasteiger partial charge in [-0.2, -0.15) is 30.9 Å². The lowest BCUT2D eigenvalue weighted by Crippen LogP contribution is -2.56. The van der Waals surface area contributed by atoms with Crippen LogP contribution in [0.2, 0.25) is 0 Å². The van der Waals surface area contributed by atoms with Crippen molar-refractivity contribution in [2.24, 2.45) is 85.0 Å². The minimum Gasteiger partial charge on any atom is -0.364 e. The summed E-state index contributed by atoms with van der Waals surface area (Å²) in [6.45, 7) is 53.2. The number of hydrogen-bond acceptors (Lipinski definition) is 12. The Morgan fingerprint density at radius 3 is 1.15 bits per heavy atom. The Morgan fingerprint density at radius 2 is 0.804 bits per heavy atom. The van der Waals surface area contributed by atoms with Gasteiger partial charge in [-0.1, -0.05) is 110 Å². The Balaban J connectivity index is 0.000000174. The van der Waals surface area contributed by atoms with Crippen LogP contribution in [-0.2, 0) is 94.7 Å². The van der Waals surface area contributed by atoms with Crippen LogP contribution in [0.5, 0.6) is 0 Å².